The lowest BCUT2D eigenvalue weighted by Crippen LogP contribution is -2.45. The van der Waals surface area contributed by atoms with E-state index in [2.05, 4.69) is 17.1 Å². The van der Waals surface area contributed by atoms with Gasteiger partial charge in [0.2, 0.25) is 0 Å². The lowest BCUT2D eigenvalue weighted by Gasteiger charge is -2.28. The Kier molecular flexibility index (Phi) is 4.00. The summed E-state index contributed by atoms with van der Waals surface area (Å²) in [5.74, 6) is 0. The van der Waals surface area contributed by atoms with E-state index in [9.17, 15) is 5.11 Å². The molecule has 2 unspecified atom stereocenters. The third-order valence-electron chi connectivity index (χ3n) is 3.69. The highest BCUT2D eigenvalue weighted by molar-refractivity contribution is 4.88. The van der Waals surface area contributed by atoms with E-state index in [1.807, 2.05) is 0 Å². The SMILES string of the molecule is CCC1CCCN1CC(CO)NC1CC1. The maximum Gasteiger partial charge on any atom is 0.0597 e. The molecule has 0 aromatic rings. The van der Waals surface area contributed by atoms with Gasteiger partial charge in [0.25, 0.3) is 0 Å². The van der Waals surface area contributed by atoms with Crippen molar-refractivity contribution in [2.75, 3.05) is 19.7 Å². The fourth-order valence-electron chi connectivity index (χ4n) is 2.63. The number of nitrogens with zero attached hydrogens (tertiary/aromatic N) is 1. The molecule has 2 aliphatic rings. The third-order valence-corrected chi connectivity index (χ3v) is 3.69. The maximum absolute atomic E-state index is 9.33. The summed E-state index contributed by atoms with van der Waals surface area (Å²) in [6.07, 6.45) is 6.53. The van der Waals surface area contributed by atoms with Crippen molar-refractivity contribution in [2.45, 2.75) is 57.2 Å². The Bertz CT molecular complexity index is 194. The van der Waals surface area contributed by atoms with Gasteiger partial charge in [0.15, 0.2) is 0 Å². The Hall–Kier alpha value is -0.120. The van der Waals surface area contributed by atoms with E-state index in [1.54, 1.807) is 0 Å². The standard InChI is InChI=1S/C12H24N2O/c1-2-12-4-3-7-14(12)8-11(9-15)13-10-5-6-10/h10-13,15H,2-9H2,1H3. The largest absolute Gasteiger partial charge is 0.395 e. The van der Waals surface area contributed by atoms with Crippen LogP contribution in [-0.4, -0.2) is 47.8 Å². The van der Waals surface area contributed by atoms with E-state index in [1.165, 1.54) is 38.6 Å². The molecule has 3 heteroatoms. The molecule has 0 amide bonds. The Labute approximate surface area is 92.8 Å². The fourth-order valence-corrected chi connectivity index (χ4v) is 2.63. The molecular formula is C12H24N2O. The second-order valence-electron chi connectivity index (χ2n) is 5.02. The zero-order chi connectivity index (χ0) is 10.7. The van der Waals surface area contributed by atoms with Crippen LogP contribution in [-0.2, 0) is 0 Å². The van der Waals surface area contributed by atoms with Crippen molar-refractivity contribution in [3.8, 4) is 0 Å². The average Bonchev–Trinajstić information content (AvgIpc) is 2.95. The molecule has 2 fully saturated rings. The lowest BCUT2D eigenvalue weighted by molar-refractivity contribution is 0.169. The van der Waals surface area contributed by atoms with Crippen molar-refractivity contribution in [2.24, 2.45) is 0 Å². The lowest BCUT2D eigenvalue weighted by atomic mass is 10.1. The minimum atomic E-state index is 0.281. The average molecular weight is 212 g/mol. The van der Waals surface area contributed by atoms with Gasteiger partial charge in [0, 0.05) is 24.7 Å². The minimum absolute atomic E-state index is 0.281. The first-order chi connectivity index (χ1) is 7.33. The summed E-state index contributed by atoms with van der Waals surface area (Å²) in [6, 6.07) is 1.76. The van der Waals surface area contributed by atoms with Crippen molar-refractivity contribution in [1.29, 1.82) is 0 Å². The van der Waals surface area contributed by atoms with Crippen LogP contribution in [0.4, 0.5) is 0 Å². The zero-order valence-corrected chi connectivity index (χ0v) is 9.78. The Morgan fingerprint density at radius 3 is 2.80 bits per heavy atom. The number of likely N-dealkylation sites (tertiary alicyclic amines) is 1. The maximum atomic E-state index is 9.33. The Balaban J connectivity index is 1.76. The second kappa shape index (κ2) is 5.28. The summed E-state index contributed by atoms with van der Waals surface area (Å²) < 4.78 is 0. The molecule has 0 aromatic heterocycles. The van der Waals surface area contributed by atoms with Gasteiger partial charge >= 0.3 is 0 Å². The van der Waals surface area contributed by atoms with Crippen molar-refractivity contribution in [3.05, 3.63) is 0 Å². The summed E-state index contributed by atoms with van der Waals surface area (Å²) in [6.45, 7) is 4.81. The van der Waals surface area contributed by atoms with Crippen LogP contribution >= 0.6 is 0 Å². The van der Waals surface area contributed by atoms with E-state index in [-0.39, 0.29) is 6.61 Å². The highest BCUT2D eigenvalue weighted by Crippen LogP contribution is 2.22. The molecule has 1 aliphatic heterocycles. The van der Waals surface area contributed by atoms with Gasteiger partial charge in [-0.1, -0.05) is 6.92 Å². The molecular weight excluding hydrogens is 188 g/mol. The Morgan fingerprint density at radius 1 is 1.40 bits per heavy atom. The zero-order valence-electron chi connectivity index (χ0n) is 9.78. The van der Waals surface area contributed by atoms with Crippen LogP contribution in [0.3, 0.4) is 0 Å². The Morgan fingerprint density at radius 2 is 2.20 bits per heavy atom. The van der Waals surface area contributed by atoms with Gasteiger partial charge in [-0.3, -0.25) is 4.90 Å². The molecule has 1 saturated heterocycles. The molecule has 2 rings (SSSR count). The van der Waals surface area contributed by atoms with Crippen LogP contribution < -0.4 is 5.32 Å². The quantitative estimate of drug-likeness (QED) is 0.689. The number of nitrogens with one attached hydrogen (secondary N) is 1. The summed E-state index contributed by atoms with van der Waals surface area (Å²) in [5, 5.41) is 12.9. The first-order valence-corrected chi connectivity index (χ1v) is 6.44. The number of aliphatic hydroxyl groups excluding tert-OH is 1. The van der Waals surface area contributed by atoms with Crippen molar-refractivity contribution in [3.63, 3.8) is 0 Å². The topological polar surface area (TPSA) is 35.5 Å². The smallest absolute Gasteiger partial charge is 0.0597 e. The molecule has 0 bridgehead atoms. The van der Waals surface area contributed by atoms with E-state index >= 15 is 0 Å². The molecule has 3 nitrogen and oxygen atoms in total. The molecule has 0 aromatic carbocycles. The van der Waals surface area contributed by atoms with Crippen molar-refractivity contribution < 1.29 is 5.11 Å². The van der Waals surface area contributed by atoms with Gasteiger partial charge < -0.3 is 10.4 Å². The summed E-state index contributed by atoms with van der Waals surface area (Å²) in [5.41, 5.74) is 0. The van der Waals surface area contributed by atoms with Gasteiger partial charge in [-0.25, -0.2) is 0 Å². The van der Waals surface area contributed by atoms with Crippen LogP contribution in [0.25, 0.3) is 0 Å². The summed E-state index contributed by atoms with van der Waals surface area (Å²) in [7, 11) is 0. The molecule has 0 spiro atoms. The van der Waals surface area contributed by atoms with E-state index < -0.39 is 0 Å². The highest BCUT2D eigenvalue weighted by atomic mass is 16.3. The van der Waals surface area contributed by atoms with Gasteiger partial charge in [-0.15, -0.1) is 0 Å². The van der Waals surface area contributed by atoms with Gasteiger partial charge in [-0.2, -0.15) is 0 Å². The van der Waals surface area contributed by atoms with E-state index in [0.717, 1.165) is 12.6 Å². The summed E-state index contributed by atoms with van der Waals surface area (Å²) in [4.78, 5) is 2.55. The van der Waals surface area contributed by atoms with Gasteiger partial charge in [0.1, 0.15) is 0 Å². The van der Waals surface area contributed by atoms with Crippen molar-refractivity contribution in [1.82, 2.24) is 10.2 Å². The number of aliphatic hydroxyl groups is 1. The van der Waals surface area contributed by atoms with Crippen molar-refractivity contribution >= 4 is 0 Å². The van der Waals surface area contributed by atoms with E-state index in [4.69, 9.17) is 0 Å². The minimum Gasteiger partial charge on any atom is -0.395 e. The van der Waals surface area contributed by atoms with Gasteiger partial charge in [-0.05, 0) is 38.6 Å². The molecule has 15 heavy (non-hydrogen) atoms. The predicted molar refractivity (Wildman–Crippen MR) is 61.9 cm³/mol. The molecule has 1 aliphatic carbocycles. The fraction of sp³-hybridized carbons (Fsp3) is 1.00. The van der Waals surface area contributed by atoms with Crippen LogP contribution in [0.5, 0.6) is 0 Å². The second-order valence-corrected chi connectivity index (χ2v) is 5.02. The predicted octanol–water partition coefficient (Wildman–Crippen LogP) is 0.974. The number of rotatable bonds is 6. The van der Waals surface area contributed by atoms with E-state index in [0.29, 0.717) is 12.1 Å². The molecule has 2 N–H and O–H groups in total. The first kappa shape index (κ1) is 11.4. The van der Waals surface area contributed by atoms with Crippen LogP contribution in [0.15, 0.2) is 0 Å². The monoisotopic (exact) mass is 212 g/mol. The van der Waals surface area contributed by atoms with Crippen LogP contribution in [0.2, 0.25) is 0 Å². The number of hydrogen-bond acceptors (Lipinski definition) is 3. The molecule has 1 saturated carbocycles. The molecule has 0 radical (unpaired) electrons. The molecule has 2 atom stereocenters. The summed E-state index contributed by atoms with van der Waals surface area (Å²) >= 11 is 0. The highest BCUT2D eigenvalue weighted by Gasteiger charge is 2.28. The molecule has 1 heterocycles. The van der Waals surface area contributed by atoms with Crippen LogP contribution in [0.1, 0.15) is 39.0 Å². The first-order valence-electron chi connectivity index (χ1n) is 6.44. The molecule has 88 valence electrons. The van der Waals surface area contributed by atoms with Gasteiger partial charge in [0.05, 0.1) is 6.61 Å². The van der Waals surface area contributed by atoms with Crippen LogP contribution in [0, 0.1) is 0 Å². The third kappa shape index (κ3) is 3.16. The normalized spacial score (nSPS) is 29.6. The number of hydrogen-bond donors (Lipinski definition) is 2.